The molecule has 0 atom stereocenters. The van der Waals surface area contributed by atoms with Crippen molar-refractivity contribution < 1.29 is 13.3 Å². The van der Waals surface area contributed by atoms with E-state index in [-0.39, 0.29) is 0 Å². The summed E-state index contributed by atoms with van der Waals surface area (Å²) in [6.07, 6.45) is 0. The molecule has 0 aliphatic carbocycles. The van der Waals surface area contributed by atoms with Crippen molar-refractivity contribution in [3.63, 3.8) is 0 Å². The van der Waals surface area contributed by atoms with Gasteiger partial charge in [0, 0.05) is 26.9 Å². The fraction of sp³-hybridized carbons (Fsp3) is 1.00. The molecule has 0 saturated carbocycles. The third-order valence-electron chi connectivity index (χ3n) is 2.90. The Morgan fingerprint density at radius 3 is 1.81 bits per heavy atom. The minimum Gasteiger partial charge on any atom is -0.418 e. The quantitative estimate of drug-likeness (QED) is 0.628. The maximum absolute atomic E-state index is 5.82. The van der Waals surface area contributed by atoms with E-state index < -0.39 is 17.0 Å². The molecule has 4 nitrogen and oxygen atoms in total. The van der Waals surface area contributed by atoms with Crippen molar-refractivity contribution in [2.45, 2.75) is 32.1 Å². The molecule has 0 bridgehead atoms. The predicted molar refractivity (Wildman–Crippen MR) is 72.2 cm³/mol. The maximum atomic E-state index is 5.82. The standard InChI is InChI=1S/C10H27NO3Si2/c1-8-14-15(6,7)9-10-16(12-4,13-5)11(2)3/h8-10H2,1-7H3. The molecule has 0 N–H and O–H groups in total. The first kappa shape index (κ1) is 16.3. The highest BCUT2D eigenvalue weighted by atomic mass is 28.4. The highest BCUT2D eigenvalue weighted by Gasteiger charge is 2.41. The van der Waals surface area contributed by atoms with Crippen LogP contribution in [0.1, 0.15) is 6.92 Å². The maximum Gasteiger partial charge on any atom is 0.426 e. The average molecular weight is 266 g/mol. The molecule has 16 heavy (non-hydrogen) atoms. The third-order valence-corrected chi connectivity index (χ3v) is 9.44. The van der Waals surface area contributed by atoms with Gasteiger partial charge in [-0.1, -0.05) is 0 Å². The summed E-state index contributed by atoms with van der Waals surface area (Å²) in [6.45, 7) is 7.35. The first-order valence-electron chi connectivity index (χ1n) is 5.75. The van der Waals surface area contributed by atoms with Gasteiger partial charge in [-0.2, -0.15) is 0 Å². The Morgan fingerprint density at radius 1 is 1.00 bits per heavy atom. The fourth-order valence-electron chi connectivity index (χ4n) is 1.80. The van der Waals surface area contributed by atoms with E-state index in [0.29, 0.717) is 0 Å². The summed E-state index contributed by atoms with van der Waals surface area (Å²) in [5, 5.41) is 0. The van der Waals surface area contributed by atoms with Crippen LogP contribution in [0.2, 0.25) is 25.2 Å². The van der Waals surface area contributed by atoms with E-state index in [4.69, 9.17) is 13.3 Å². The lowest BCUT2D eigenvalue weighted by atomic mass is 10.9. The van der Waals surface area contributed by atoms with Crippen LogP contribution in [-0.4, -0.2) is 56.5 Å². The van der Waals surface area contributed by atoms with Gasteiger partial charge in [0.25, 0.3) is 0 Å². The lowest BCUT2D eigenvalue weighted by Gasteiger charge is -2.34. The van der Waals surface area contributed by atoms with Gasteiger partial charge in [-0.3, -0.25) is 4.57 Å². The first-order valence-corrected chi connectivity index (χ1v) is 10.8. The Bertz CT molecular complexity index is 197. The summed E-state index contributed by atoms with van der Waals surface area (Å²) in [5.74, 6) is 0. The first-order chi connectivity index (χ1) is 7.33. The second-order valence-corrected chi connectivity index (χ2v) is 12.7. The number of hydrogen-bond acceptors (Lipinski definition) is 4. The monoisotopic (exact) mass is 265 g/mol. The van der Waals surface area contributed by atoms with E-state index in [1.54, 1.807) is 14.2 Å². The molecule has 0 amide bonds. The molecule has 6 heteroatoms. The van der Waals surface area contributed by atoms with E-state index in [9.17, 15) is 0 Å². The zero-order chi connectivity index (χ0) is 12.8. The molecular weight excluding hydrogens is 238 g/mol. The number of hydrogen-bond donors (Lipinski definition) is 0. The Balaban J connectivity index is 4.43. The second-order valence-electron chi connectivity index (χ2n) is 4.71. The van der Waals surface area contributed by atoms with Crippen LogP contribution < -0.4 is 0 Å². The van der Waals surface area contributed by atoms with Crippen molar-refractivity contribution in [3.8, 4) is 0 Å². The summed E-state index contributed by atoms with van der Waals surface area (Å²) in [6, 6.07) is 2.04. The molecular formula is C10H27NO3Si2. The van der Waals surface area contributed by atoms with Gasteiger partial charge in [-0.05, 0) is 40.2 Å². The van der Waals surface area contributed by atoms with Gasteiger partial charge in [0.2, 0.25) is 0 Å². The lowest BCUT2D eigenvalue weighted by molar-refractivity contribution is 0.187. The van der Waals surface area contributed by atoms with E-state index >= 15 is 0 Å². The zero-order valence-corrected chi connectivity index (χ0v) is 13.8. The van der Waals surface area contributed by atoms with Gasteiger partial charge in [-0.25, -0.2) is 0 Å². The molecule has 0 rings (SSSR count). The van der Waals surface area contributed by atoms with Crippen molar-refractivity contribution in [3.05, 3.63) is 0 Å². The van der Waals surface area contributed by atoms with Crippen LogP contribution in [0.15, 0.2) is 0 Å². The smallest absolute Gasteiger partial charge is 0.418 e. The zero-order valence-electron chi connectivity index (χ0n) is 11.8. The Labute approximate surface area is 102 Å². The van der Waals surface area contributed by atoms with Crippen molar-refractivity contribution in [2.24, 2.45) is 0 Å². The molecule has 0 heterocycles. The van der Waals surface area contributed by atoms with Crippen LogP contribution in [0.3, 0.4) is 0 Å². The highest BCUT2D eigenvalue weighted by molar-refractivity contribution is 6.74. The molecule has 98 valence electrons. The van der Waals surface area contributed by atoms with Gasteiger partial charge in [0.1, 0.15) is 0 Å². The Morgan fingerprint density at radius 2 is 1.50 bits per heavy atom. The summed E-state index contributed by atoms with van der Waals surface area (Å²) >= 11 is 0. The van der Waals surface area contributed by atoms with Crippen molar-refractivity contribution >= 4 is 17.0 Å². The molecule has 0 aliphatic rings. The molecule has 0 aromatic heterocycles. The number of nitrogens with zero attached hydrogens (tertiary/aromatic N) is 1. The van der Waals surface area contributed by atoms with Crippen molar-refractivity contribution in [2.75, 3.05) is 34.9 Å². The minimum atomic E-state index is -2.17. The largest absolute Gasteiger partial charge is 0.426 e. The third kappa shape index (κ3) is 4.64. The summed E-state index contributed by atoms with van der Waals surface area (Å²) in [7, 11) is 3.81. The van der Waals surface area contributed by atoms with Crippen LogP contribution in [0, 0.1) is 0 Å². The summed E-state index contributed by atoms with van der Waals surface area (Å²) < 4.78 is 19.2. The van der Waals surface area contributed by atoms with Crippen LogP contribution in [0.5, 0.6) is 0 Å². The van der Waals surface area contributed by atoms with Gasteiger partial charge in [0.05, 0.1) is 0 Å². The Kier molecular flexibility index (Phi) is 6.99. The highest BCUT2D eigenvalue weighted by Crippen LogP contribution is 2.23. The van der Waals surface area contributed by atoms with E-state index in [0.717, 1.165) is 18.7 Å². The molecule has 0 aromatic rings. The summed E-state index contributed by atoms with van der Waals surface area (Å²) in [5.41, 5.74) is 0. The molecule has 0 radical (unpaired) electrons. The average Bonchev–Trinajstić information content (AvgIpc) is 2.19. The van der Waals surface area contributed by atoms with Crippen LogP contribution in [0.4, 0.5) is 0 Å². The summed E-state index contributed by atoms with van der Waals surface area (Å²) in [4.78, 5) is 0. The minimum absolute atomic E-state index is 0.801. The van der Waals surface area contributed by atoms with Crippen LogP contribution >= 0.6 is 0 Å². The van der Waals surface area contributed by atoms with Gasteiger partial charge >= 0.3 is 8.72 Å². The van der Waals surface area contributed by atoms with E-state index in [1.165, 1.54) is 0 Å². The van der Waals surface area contributed by atoms with Crippen LogP contribution in [-0.2, 0) is 13.3 Å². The fourth-order valence-corrected chi connectivity index (χ4v) is 8.15. The SMILES string of the molecule is CCO[Si](C)(C)CC[Si](OC)(OC)N(C)C. The normalized spacial score (nSPS) is 13.5. The van der Waals surface area contributed by atoms with Gasteiger partial charge in [-0.15, -0.1) is 0 Å². The molecule has 0 fully saturated rings. The molecule has 0 unspecified atom stereocenters. The molecule has 0 saturated heterocycles. The number of rotatable bonds is 8. The topological polar surface area (TPSA) is 30.9 Å². The molecule has 0 aliphatic heterocycles. The predicted octanol–water partition coefficient (Wildman–Crippen LogP) is 2.02. The molecule has 0 aromatic carbocycles. The van der Waals surface area contributed by atoms with Crippen molar-refractivity contribution in [1.82, 2.24) is 4.57 Å². The van der Waals surface area contributed by atoms with E-state index in [1.807, 2.05) is 14.1 Å². The van der Waals surface area contributed by atoms with E-state index in [2.05, 4.69) is 24.6 Å². The van der Waals surface area contributed by atoms with Gasteiger partial charge in [0.15, 0.2) is 8.32 Å². The second kappa shape index (κ2) is 6.88. The van der Waals surface area contributed by atoms with Crippen LogP contribution in [0.25, 0.3) is 0 Å². The molecule has 0 spiro atoms. The Hall–Kier alpha value is 0.274. The van der Waals surface area contributed by atoms with Crippen molar-refractivity contribution in [1.29, 1.82) is 0 Å². The lowest BCUT2D eigenvalue weighted by Crippen LogP contribution is -2.54. The van der Waals surface area contributed by atoms with Gasteiger partial charge < -0.3 is 13.3 Å².